The fourth-order valence-electron chi connectivity index (χ4n) is 1.76. The number of rotatable bonds is 2. The largest absolute Gasteiger partial charge is 0.398 e. The maximum atomic E-state index is 13.4. The first-order valence-corrected chi connectivity index (χ1v) is 6.84. The molecular weight excluding hydrogens is 331 g/mol. The van der Waals surface area contributed by atoms with Crippen molar-refractivity contribution in [3.63, 3.8) is 0 Å². The molecular formula is C14H13BrClFN2. The normalized spacial score (nSPS) is 10.6. The Labute approximate surface area is 124 Å². The van der Waals surface area contributed by atoms with Crippen molar-refractivity contribution >= 4 is 44.6 Å². The molecule has 0 amide bonds. The molecule has 0 radical (unpaired) electrons. The number of halogens is 3. The molecule has 19 heavy (non-hydrogen) atoms. The third-order valence-corrected chi connectivity index (χ3v) is 3.82. The van der Waals surface area contributed by atoms with Gasteiger partial charge in [0.1, 0.15) is 5.82 Å². The first-order valence-electron chi connectivity index (χ1n) is 5.67. The van der Waals surface area contributed by atoms with Crippen molar-refractivity contribution in [1.82, 2.24) is 0 Å². The second kappa shape index (κ2) is 5.39. The van der Waals surface area contributed by atoms with Crippen molar-refractivity contribution < 1.29 is 4.39 Å². The SMILES string of the molecule is Cc1cc(N)c(Cl)cc1Nc1cc(Br)c(F)cc1C. The van der Waals surface area contributed by atoms with E-state index in [-0.39, 0.29) is 5.82 Å². The minimum atomic E-state index is -0.282. The van der Waals surface area contributed by atoms with Gasteiger partial charge in [0.25, 0.3) is 0 Å². The van der Waals surface area contributed by atoms with E-state index in [2.05, 4.69) is 21.2 Å². The quantitative estimate of drug-likeness (QED) is 0.737. The van der Waals surface area contributed by atoms with Crippen LogP contribution in [0.5, 0.6) is 0 Å². The van der Waals surface area contributed by atoms with Crippen molar-refractivity contribution in [2.24, 2.45) is 0 Å². The Kier molecular flexibility index (Phi) is 4.02. The molecule has 0 fully saturated rings. The maximum Gasteiger partial charge on any atom is 0.137 e. The van der Waals surface area contributed by atoms with Gasteiger partial charge in [-0.25, -0.2) is 4.39 Å². The van der Waals surface area contributed by atoms with E-state index in [1.54, 1.807) is 18.2 Å². The third-order valence-electron chi connectivity index (χ3n) is 2.88. The van der Waals surface area contributed by atoms with E-state index in [0.29, 0.717) is 15.2 Å². The summed E-state index contributed by atoms with van der Waals surface area (Å²) >= 11 is 9.19. The van der Waals surface area contributed by atoms with Crippen molar-refractivity contribution in [2.45, 2.75) is 13.8 Å². The van der Waals surface area contributed by atoms with Gasteiger partial charge in [0.15, 0.2) is 0 Å². The topological polar surface area (TPSA) is 38.0 Å². The highest BCUT2D eigenvalue weighted by Gasteiger charge is 2.08. The van der Waals surface area contributed by atoms with Gasteiger partial charge in [0.05, 0.1) is 15.2 Å². The van der Waals surface area contributed by atoms with E-state index in [0.717, 1.165) is 22.5 Å². The smallest absolute Gasteiger partial charge is 0.137 e. The lowest BCUT2D eigenvalue weighted by Gasteiger charge is -2.14. The Bertz CT molecular complexity index is 588. The number of aryl methyl sites for hydroxylation is 2. The second-order valence-electron chi connectivity index (χ2n) is 4.39. The van der Waals surface area contributed by atoms with Crippen LogP contribution in [-0.2, 0) is 0 Å². The summed E-state index contributed by atoms with van der Waals surface area (Å²) in [4.78, 5) is 0. The summed E-state index contributed by atoms with van der Waals surface area (Å²) in [5, 5.41) is 3.73. The summed E-state index contributed by atoms with van der Waals surface area (Å²) in [6, 6.07) is 6.75. The first kappa shape index (κ1) is 14.2. The summed E-state index contributed by atoms with van der Waals surface area (Å²) in [6.45, 7) is 3.77. The standard InChI is InChI=1S/C14H13BrClFN2/c1-7-3-11(17)9(15)5-13(7)19-14-6-10(16)12(18)4-8(14)2/h3-6,19H,18H2,1-2H3. The molecule has 0 aliphatic rings. The van der Waals surface area contributed by atoms with Crippen molar-refractivity contribution in [3.8, 4) is 0 Å². The Morgan fingerprint density at radius 1 is 1.11 bits per heavy atom. The predicted octanol–water partition coefficient (Wildman–Crippen LogP) is 5.18. The van der Waals surface area contributed by atoms with Crippen molar-refractivity contribution in [1.29, 1.82) is 0 Å². The fourth-order valence-corrected chi connectivity index (χ4v) is 2.27. The zero-order chi connectivity index (χ0) is 14.2. The number of nitrogen functional groups attached to an aromatic ring is 1. The first-order chi connectivity index (χ1) is 8.88. The molecule has 0 saturated carbocycles. The molecule has 5 heteroatoms. The zero-order valence-corrected chi connectivity index (χ0v) is 12.9. The van der Waals surface area contributed by atoms with Crippen molar-refractivity contribution in [2.75, 3.05) is 11.1 Å². The van der Waals surface area contributed by atoms with Crippen LogP contribution in [0.25, 0.3) is 0 Å². The summed E-state index contributed by atoms with van der Waals surface area (Å²) in [6.07, 6.45) is 0. The summed E-state index contributed by atoms with van der Waals surface area (Å²) in [5.74, 6) is -0.282. The minimum Gasteiger partial charge on any atom is -0.398 e. The van der Waals surface area contributed by atoms with Gasteiger partial charge < -0.3 is 11.1 Å². The average molecular weight is 344 g/mol. The van der Waals surface area contributed by atoms with Crippen LogP contribution in [0, 0.1) is 19.7 Å². The van der Waals surface area contributed by atoms with E-state index in [9.17, 15) is 4.39 Å². The molecule has 0 aliphatic heterocycles. The lowest BCUT2D eigenvalue weighted by atomic mass is 10.1. The van der Waals surface area contributed by atoms with Crippen LogP contribution >= 0.6 is 27.5 Å². The van der Waals surface area contributed by atoms with E-state index in [1.165, 1.54) is 6.07 Å². The van der Waals surface area contributed by atoms with Crippen LogP contribution in [0.1, 0.15) is 11.1 Å². The Balaban J connectivity index is 2.42. The second-order valence-corrected chi connectivity index (χ2v) is 5.66. The number of nitrogens with two attached hydrogens (primary N) is 1. The highest BCUT2D eigenvalue weighted by Crippen LogP contribution is 2.31. The van der Waals surface area contributed by atoms with Crippen LogP contribution in [0.2, 0.25) is 5.02 Å². The molecule has 2 nitrogen and oxygen atoms in total. The Morgan fingerprint density at radius 2 is 1.68 bits per heavy atom. The van der Waals surface area contributed by atoms with Gasteiger partial charge in [0.2, 0.25) is 0 Å². The molecule has 2 aromatic rings. The molecule has 0 saturated heterocycles. The van der Waals surface area contributed by atoms with Gasteiger partial charge in [-0.1, -0.05) is 11.6 Å². The number of anilines is 3. The zero-order valence-electron chi connectivity index (χ0n) is 10.5. The number of nitrogens with one attached hydrogen (secondary N) is 1. The summed E-state index contributed by atoms with van der Waals surface area (Å²) in [7, 11) is 0. The van der Waals surface area contributed by atoms with Crippen LogP contribution in [0.15, 0.2) is 28.7 Å². The van der Waals surface area contributed by atoms with Crippen LogP contribution < -0.4 is 11.1 Å². The highest BCUT2D eigenvalue weighted by atomic mass is 79.9. The molecule has 0 spiro atoms. The van der Waals surface area contributed by atoms with E-state index >= 15 is 0 Å². The molecule has 0 heterocycles. The molecule has 0 aliphatic carbocycles. The Morgan fingerprint density at radius 3 is 2.37 bits per heavy atom. The molecule has 2 aromatic carbocycles. The van der Waals surface area contributed by atoms with Crippen molar-refractivity contribution in [3.05, 3.63) is 50.7 Å². The van der Waals surface area contributed by atoms with Gasteiger partial charge in [-0.2, -0.15) is 0 Å². The predicted molar refractivity (Wildman–Crippen MR) is 82.7 cm³/mol. The lowest BCUT2D eigenvalue weighted by Crippen LogP contribution is -1.98. The Hall–Kier alpha value is -1.26. The number of hydrogen-bond donors (Lipinski definition) is 2. The maximum absolute atomic E-state index is 13.4. The average Bonchev–Trinajstić information content (AvgIpc) is 2.32. The third kappa shape index (κ3) is 3.01. The van der Waals surface area contributed by atoms with Crippen LogP contribution in [0.4, 0.5) is 21.5 Å². The van der Waals surface area contributed by atoms with E-state index in [1.807, 2.05) is 13.8 Å². The van der Waals surface area contributed by atoms with Gasteiger partial charge >= 0.3 is 0 Å². The van der Waals surface area contributed by atoms with Gasteiger partial charge in [0, 0.05) is 11.4 Å². The minimum absolute atomic E-state index is 0.282. The van der Waals surface area contributed by atoms with Crippen LogP contribution in [0.3, 0.4) is 0 Å². The number of hydrogen-bond acceptors (Lipinski definition) is 2. The molecule has 0 atom stereocenters. The molecule has 100 valence electrons. The fraction of sp³-hybridized carbons (Fsp3) is 0.143. The molecule has 0 bridgehead atoms. The van der Waals surface area contributed by atoms with Gasteiger partial charge in [-0.3, -0.25) is 0 Å². The van der Waals surface area contributed by atoms with Crippen LogP contribution in [-0.4, -0.2) is 0 Å². The van der Waals surface area contributed by atoms with E-state index < -0.39 is 0 Å². The summed E-state index contributed by atoms with van der Waals surface area (Å²) in [5.41, 5.74) is 9.73. The van der Waals surface area contributed by atoms with Gasteiger partial charge in [-0.15, -0.1) is 0 Å². The number of benzene rings is 2. The highest BCUT2D eigenvalue weighted by molar-refractivity contribution is 9.10. The molecule has 2 rings (SSSR count). The lowest BCUT2D eigenvalue weighted by molar-refractivity contribution is 0.620. The molecule has 3 N–H and O–H groups in total. The molecule has 0 unspecified atom stereocenters. The van der Waals surface area contributed by atoms with Gasteiger partial charge in [-0.05, 0) is 65.2 Å². The summed E-state index contributed by atoms with van der Waals surface area (Å²) < 4.78 is 13.8. The monoisotopic (exact) mass is 342 g/mol. The molecule has 0 aromatic heterocycles. The van der Waals surface area contributed by atoms with E-state index in [4.69, 9.17) is 17.3 Å².